The highest BCUT2D eigenvalue weighted by Crippen LogP contribution is 2.04. The van der Waals surface area contributed by atoms with E-state index in [1.54, 1.807) is 0 Å². The minimum Gasteiger partial charge on any atom is -0.357 e. The topological polar surface area (TPSA) is 69.8 Å². The van der Waals surface area contributed by atoms with Crippen LogP contribution in [-0.2, 0) is 6.42 Å². The first-order chi connectivity index (χ1) is 13.2. The standard InChI is InChI=1S/C20H35N7.HI/c1-5-21-20(23-17(4)11-10-15-26(6-2)7-3)22-14-13-19-25-24-18-12-8-9-16-27(18)19;/h8-9,12,16-17H,5-7,10-11,13-15H2,1-4H3,(H2,21,22,23);1H. The summed E-state index contributed by atoms with van der Waals surface area (Å²) in [4.78, 5) is 7.18. The van der Waals surface area contributed by atoms with Gasteiger partial charge in [-0.25, -0.2) is 0 Å². The van der Waals surface area contributed by atoms with Gasteiger partial charge in [0, 0.05) is 31.7 Å². The van der Waals surface area contributed by atoms with Gasteiger partial charge in [-0.15, -0.1) is 34.2 Å². The quantitative estimate of drug-likeness (QED) is 0.282. The van der Waals surface area contributed by atoms with Gasteiger partial charge in [0.2, 0.25) is 0 Å². The van der Waals surface area contributed by atoms with Crippen LogP contribution in [0.25, 0.3) is 5.65 Å². The van der Waals surface area contributed by atoms with Crippen LogP contribution in [0.3, 0.4) is 0 Å². The maximum atomic E-state index is 4.71. The summed E-state index contributed by atoms with van der Waals surface area (Å²) in [7, 11) is 0. The zero-order valence-corrected chi connectivity index (χ0v) is 20.0. The Labute approximate surface area is 186 Å². The second kappa shape index (κ2) is 13.7. The lowest BCUT2D eigenvalue weighted by Crippen LogP contribution is -2.42. The third kappa shape index (κ3) is 7.90. The summed E-state index contributed by atoms with van der Waals surface area (Å²) in [6, 6.07) is 6.33. The molecule has 0 fully saturated rings. The van der Waals surface area contributed by atoms with Gasteiger partial charge in [-0.2, -0.15) is 0 Å². The van der Waals surface area contributed by atoms with Gasteiger partial charge >= 0.3 is 0 Å². The van der Waals surface area contributed by atoms with Crippen molar-refractivity contribution in [3.63, 3.8) is 0 Å². The average Bonchev–Trinajstić information content (AvgIpc) is 3.09. The summed E-state index contributed by atoms with van der Waals surface area (Å²) in [5.41, 5.74) is 0.878. The van der Waals surface area contributed by atoms with E-state index in [1.807, 2.05) is 28.8 Å². The zero-order valence-electron chi connectivity index (χ0n) is 17.7. The van der Waals surface area contributed by atoms with Crippen LogP contribution in [0, 0.1) is 0 Å². The molecule has 0 aliphatic heterocycles. The van der Waals surface area contributed by atoms with Crippen molar-refractivity contribution in [1.29, 1.82) is 0 Å². The van der Waals surface area contributed by atoms with E-state index in [2.05, 4.69) is 53.4 Å². The first-order valence-electron chi connectivity index (χ1n) is 10.2. The number of hydrogen-bond donors (Lipinski definition) is 2. The minimum atomic E-state index is 0. The summed E-state index contributed by atoms with van der Waals surface area (Å²) >= 11 is 0. The van der Waals surface area contributed by atoms with Gasteiger partial charge in [0.05, 0.1) is 0 Å². The Morgan fingerprint density at radius 3 is 2.71 bits per heavy atom. The van der Waals surface area contributed by atoms with Crippen LogP contribution >= 0.6 is 24.0 Å². The molecule has 0 saturated carbocycles. The molecule has 8 heteroatoms. The normalized spacial score (nSPS) is 12.8. The van der Waals surface area contributed by atoms with Crippen molar-refractivity contribution in [2.24, 2.45) is 4.99 Å². The number of halogens is 1. The Morgan fingerprint density at radius 2 is 2.00 bits per heavy atom. The molecule has 0 spiro atoms. The number of pyridine rings is 1. The highest BCUT2D eigenvalue weighted by molar-refractivity contribution is 14.0. The molecule has 0 radical (unpaired) electrons. The predicted molar refractivity (Wildman–Crippen MR) is 128 cm³/mol. The molecule has 0 aliphatic carbocycles. The van der Waals surface area contributed by atoms with Gasteiger partial charge in [-0.05, 0) is 58.5 Å². The van der Waals surface area contributed by atoms with E-state index in [0.29, 0.717) is 12.6 Å². The van der Waals surface area contributed by atoms with Crippen molar-refractivity contribution in [3.8, 4) is 0 Å². The van der Waals surface area contributed by atoms with Crippen LogP contribution in [0.4, 0.5) is 0 Å². The van der Waals surface area contributed by atoms with Gasteiger partial charge < -0.3 is 15.5 Å². The van der Waals surface area contributed by atoms with Crippen LogP contribution in [-0.4, -0.2) is 64.2 Å². The fraction of sp³-hybridized carbons (Fsp3) is 0.650. The van der Waals surface area contributed by atoms with E-state index >= 15 is 0 Å². The molecular weight excluding hydrogens is 465 g/mol. The second-order valence-corrected chi connectivity index (χ2v) is 6.77. The lowest BCUT2D eigenvalue weighted by molar-refractivity contribution is 0.292. The summed E-state index contributed by atoms with van der Waals surface area (Å²) in [5.74, 6) is 1.82. The van der Waals surface area contributed by atoms with Crippen LogP contribution < -0.4 is 10.6 Å². The van der Waals surface area contributed by atoms with Crippen LogP contribution in [0.1, 0.15) is 46.4 Å². The van der Waals surface area contributed by atoms with Crippen molar-refractivity contribution < 1.29 is 0 Å². The molecule has 2 N–H and O–H groups in total. The van der Waals surface area contributed by atoms with Gasteiger partial charge in [-0.3, -0.25) is 9.39 Å². The summed E-state index contributed by atoms with van der Waals surface area (Å²) < 4.78 is 2.02. The molecule has 7 nitrogen and oxygen atoms in total. The number of rotatable bonds is 11. The molecule has 0 bridgehead atoms. The Hall–Kier alpha value is -1.42. The molecule has 2 heterocycles. The molecule has 1 unspecified atom stereocenters. The molecule has 0 amide bonds. The van der Waals surface area contributed by atoms with Crippen LogP contribution in [0.5, 0.6) is 0 Å². The SMILES string of the molecule is CCNC(=NCCc1nnc2ccccn12)NC(C)CCCN(CC)CC.I. The zero-order chi connectivity index (χ0) is 19.5. The van der Waals surface area contributed by atoms with Gasteiger partial charge in [0.15, 0.2) is 11.6 Å². The molecule has 1 atom stereocenters. The van der Waals surface area contributed by atoms with E-state index in [1.165, 1.54) is 6.42 Å². The Morgan fingerprint density at radius 1 is 1.21 bits per heavy atom. The number of aliphatic imine (C=N–C) groups is 1. The molecule has 2 rings (SSSR count). The lowest BCUT2D eigenvalue weighted by Gasteiger charge is -2.21. The second-order valence-electron chi connectivity index (χ2n) is 6.77. The minimum absolute atomic E-state index is 0. The summed E-state index contributed by atoms with van der Waals surface area (Å²) in [6.45, 7) is 13.7. The number of aromatic nitrogens is 3. The maximum absolute atomic E-state index is 4.71. The van der Waals surface area contributed by atoms with Crippen LogP contribution in [0.15, 0.2) is 29.4 Å². The van der Waals surface area contributed by atoms with E-state index in [9.17, 15) is 0 Å². The average molecular weight is 501 g/mol. The maximum Gasteiger partial charge on any atom is 0.191 e. The molecule has 2 aromatic rings. The van der Waals surface area contributed by atoms with Gasteiger partial charge in [0.1, 0.15) is 5.82 Å². The highest BCUT2D eigenvalue weighted by atomic mass is 127. The highest BCUT2D eigenvalue weighted by Gasteiger charge is 2.08. The van der Waals surface area contributed by atoms with Crippen LogP contribution in [0.2, 0.25) is 0 Å². The fourth-order valence-electron chi connectivity index (χ4n) is 3.12. The number of nitrogens with one attached hydrogen (secondary N) is 2. The van der Waals surface area contributed by atoms with Gasteiger partial charge in [0.25, 0.3) is 0 Å². The predicted octanol–water partition coefficient (Wildman–Crippen LogP) is 2.96. The Kier molecular flexibility index (Phi) is 12.1. The third-order valence-electron chi connectivity index (χ3n) is 4.72. The molecule has 0 aliphatic rings. The van der Waals surface area contributed by atoms with Crippen molar-refractivity contribution >= 4 is 35.6 Å². The van der Waals surface area contributed by atoms with Crippen molar-refractivity contribution in [3.05, 3.63) is 30.2 Å². The van der Waals surface area contributed by atoms with E-state index in [-0.39, 0.29) is 24.0 Å². The van der Waals surface area contributed by atoms with E-state index in [0.717, 1.165) is 56.5 Å². The molecule has 158 valence electrons. The number of nitrogens with zero attached hydrogens (tertiary/aromatic N) is 5. The van der Waals surface area contributed by atoms with Crippen molar-refractivity contribution in [2.75, 3.05) is 32.7 Å². The summed E-state index contributed by atoms with van der Waals surface area (Å²) in [5, 5.41) is 15.3. The Balaban J connectivity index is 0.00000392. The fourth-order valence-corrected chi connectivity index (χ4v) is 3.12. The van der Waals surface area contributed by atoms with Gasteiger partial charge in [-0.1, -0.05) is 19.9 Å². The number of hydrogen-bond acceptors (Lipinski definition) is 4. The van der Waals surface area contributed by atoms with E-state index < -0.39 is 0 Å². The first-order valence-corrected chi connectivity index (χ1v) is 10.2. The third-order valence-corrected chi connectivity index (χ3v) is 4.72. The molecular formula is C20H36IN7. The molecule has 2 aromatic heterocycles. The molecule has 28 heavy (non-hydrogen) atoms. The molecule has 0 aromatic carbocycles. The monoisotopic (exact) mass is 501 g/mol. The number of guanidine groups is 1. The largest absolute Gasteiger partial charge is 0.357 e. The number of fused-ring (bicyclic) bond motifs is 1. The van der Waals surface area contributed by atoms with Crippen molar-refractivity contribution in [2.45, 2.75) is 53.0 Å². The lowest BCUT2D eigenvalue weighted by atomic mass is 10.2. The first kappa shape index (κ1) is 24.6. The van der Waals surface area contributed by atoms with Crippen molar-refractivity contribution in [1.82, 2.24) is 30.1 Å². The smallest absolute Gasteiger partial charge is 0.191 e. The van der Waals surface area contributed by atoms with E-state index in [4.69, 9.17) is 4.99 Å². The molecule has 0 saturated heterocycles. The summed E-state index contributed by atoms with van der Waals surface area (Å²) in [6.07, 6.45) is 5.09. The Bertz CT molecular complexity index is 697.